The van der Waals surface area contributed by atoms with Gasteiger partial charge in [0, 0.05) is 31.0 Å². The van der Waals surface area contributed by atoms with Crippen LogP contribution in [0.2, 0.25) is 0 Å². The first-order valence-electron chi connectivity index (χ1n) is 9.51. The Kier molecular flexibility index (Phi) is 9.73. The smallest absolute Gasteiger partial charge is 0.480 e. The number of nitrogens with one attached hydrogen (secondary N) is 1. The Balaban J connectivity index is 0.000000258. The van der Waals surface area contributed by atoms with Gasteiger partial charge in [0.15, 0.2) is 5.41 Å². The molecule has 3 fully saturated rings. The molecule has 150 valence electrons. The van der Waals surface area contributed by atoms with E-state index in [1.165, 1.54) is 57.8 Å². The number of carboxylic acids is 2. The SMILES string of the molecule is N[C@@H]1CCCC[C@H]1NC1CCCCC1.O=C(O)C1(C(=O)O)CC(O)C1.[Pt+4]. The maximum absolute atomic E-state index is 10.4. The molecule has 2 atom stereocenters. The number of carbonyl (C=O) groups is 2. The molecule has 0 aromatic carbocycles. The molecule has 3 saturated carbocycles. The van der Waals surface area contributed by atoms with E-state index in [1.807, 2.05) is 0 Å². The fourth-order valence-electron chi connectivity index (χ4n) is 4.12. The molecule has 3 rings (SSSR count). The van der Waals surface area contributed by atoms with E-state index >= 15 is 0 Å². The Morgan fingerprint density at radius 3 is 1.81 bits per heavy atom. The quantitative estimate of drug-likeness (QED) is 0.335. The van der Waals surface area contributed by atoms with Crippen LogP contribution in [0.4, 0.5) is 0 Å². The Bertz CT molecular complexity index is 448. The van der Waals surface area contributed by atoms with Crippen molar-refractivity contribution in [2.24, 2.45) is 11.1 Å². The first kappa shape index (κ1) is 23.5. The number of nitrogens with two attached hydrogens (primary N) is 1. The maximum atomic E-state index is 10.4. The minimum atomic E-state index is -1.72. The first-order chi connectivity index (χ1) is 11.8. The first-order valence-corrected chi connectivity index (χ1v) is 9.51. The van der Waals surface area contributed by atoms with Gasteiger partial charge in [-0.2, -0.15) is 0 Å². The number of hydrogen-bond acceptors (Lipinski definition) is 5. The minimum absolute atomic E-state index is 0. The van der Waals surface area contributed by atoms with Crippen LogP contribution in [0.3, 0.4) is 0 Å². The third kappa shape index (κ3) is 6.01. The van der Waals surface area contributed by atoms with Crippen LogP contribution in [-0.4, -0.2) is 51.5 Å². The predicted octanol–water partition coefficient (Wildman–Crippen LogP) is 1.47. The molecule has 3 aliphatic carbocycles. The van der Waals surface area contributed by atoms with Crippen molar-refractivity contribution in [2.75, 3.05) is 0 Å². The monoisotopic (exact) mass is 551 g/mol. The Morgan fingerprint density at radius 1 is 0.885 bits per heavy atom. The third-order valence-corrected chi connectivity index (χ3v) is 5.86. The molecule has 0 saturated heterocycles. The Hall–Kier alpha value is -0.492. The van der Waals surface area contributed by atoms with Gasteiger partial charge in [-0.05, 0) is 25.7 Å². The summed E-state index contributed by atoms with van der Waals surface area (Å²) < 4.78 is 0. The van der Waals surface area contributed by atoms with Gasteiger partial charge in [-0.25, -0.2) is 0 Å². The van der Waals surface area contributed by atoms with E-state index in [0.717, 1.165) is 6.04 Å². The number of aliphatic hydroxyl groups is 1. The van der Waals surface area contributed by atoms with Crippen LogP contribution < -0.4 is 11.1 Å². The molecule has 6 N–H and O–H groups in total. The van der Waals surface area contributed by atoms with E-state index in [1.54, 1.807) is 0 Å². The van der Waals surface area contributed by atoms with E-state index in [-0.39, 0.29) is 33.9 Å². The molecule has 3 aliphatic rings. The van der Waals surface area contributed by atoms with Gasteiger partial charge < -0.3 is 26.4 Å². The van der Waals surface area contributed by atoms with Crippen molar-refractivity contribution in [3.63, 3.8) is 0 Å². The van der Waals surface area contributed by atoms with Crippen LogP contribution in [0.5, 0.6) is 0 Å². The summed E-state index contributed by atoms with van der Waals surface area (Å²) in [4.78, 5) is 20.8. The van der Waals surface area contributed by atoms with Gasteiger partial charge in [-0.1, -0.05) is 32.1 Å². The molecule has 0 unspecified atom stereocenters. The summed E-state index contributed by atoms with van der Waals surface area (Å²) in [5, 5.41) is 29.5. The van der Waals surface area contributed by atoms with Crippen molar-refractivity contribution in [3.05, 3.63) is 0 Å². The Morgan fingerprint density at radius 2 is 1.38 bits per heavy atom. The zero-order chi connectivity index (χ0) is 18.4. The van der Waals surface area contributed by atoms with E-state index in [9.17, 15) is 9.59 Å². The topological polar surface area (TPSA) is 133 Å². The summed E-state index contributed by atoms with van der Waals surface area (Å²) >= 11 is 0. The van der Waals surface area contributed by atoms with E-state index < -0.39 is 23.5 Å². The molecular formula is C18H32N2O5Pt+4. The van der Waals surface area contributed by atoms with Crippen LogP contribution in [0, 0.1) is 5.41 Å². The number of carboxylic acid groups (broad SMARTS) is 2. The number of aliphatic hydroxyl groups excluding tert-OH is 1. The van der Waals surface area contributed by atoms with Gasteiger partial charge in [0.05, 0.1) is 6.10 Å². The normalized spacial score (nSPS) is 28.7. The molecule has 0 heterocycles. The largest absolute Gasteiger partial charge is 4.00 e. The van der Waals surface area contributed by atoms with Gasteiger partial charge >= 0.3 is 33.0 Å². The van der Waals surface area contributed by atoms with E-state index in [4.69, 9.17) is 21.1 Å². The van der Waals surface area contributed by atoms with Crippen molar-refractivity contribution in [3.8, 4) is 0 Å². The fourth-order valence-corrected chi connectivity index (χ4v) is 4.12. The average molecular weight is 552 g/mol. The predicted molar refractivity (Wildman–Crippen MR) is 93.2 cm³/mol. The molecule has 0 aliphatic heterocycles. The van der Waals surface area contributed by atoms with E-state index in [2.05, 4.69) is 5.32 Å². The summed E-state index contributed by atoms with van der Waals surface area (Å²) in [6.07, 6.45) is 11.1. The molecule has 0 bridgehead atoms. The Labute approximate surface area is 169 Å². The number of rotatable bonds is 4. The zero-order valence-corrected chi connectivity index (χ0v) is 17.4. The second-order valence-electron chi connectivity index (χ2n) is 7.81. The number of aliphatic carboxylic acids is 2. The summed E-state index contributed by atoms with van der Waals surface area (Å²) in [6.45, 7) is 0. The van der Waals surface area contributed by atoms with Crippen LogP contribution in [-0.2, 0) is 30.7 Å². The van der Waals surface area contributed by atoms with Crippen LogP contribution in [0.1, 0.15) is 70.6 Å². The molecule has 8 heteroatoms. The van der Waals surface area contributed by atoms with Crippen molar-refractivity contribution in [2.45, 2.75) is 94.9 Å². The average Bonchev–Trinajstić information content (AvgIpc) is 2.55. The van der Waals surface area contributed by atoms with Crippen LogP contribution in [0.25, 0.3) is 0 Å². The van der Waals surface area contributed by atoms with Crippen LogP contribution in [0.15, 0.2) is 0 Å². The molecule has 0 aromatic rings. The molecule has 0 amide bonds. The molecule has 0 aromatic heterocycles. The van der Waals surface area contributed by atoms with Gasteiger partial charge in [-0.3, -0.25) is 9.59 Å². The standard InChI is InChI=1S/C12H24N2.C6H8O5.Pt/c13-11-8-4-5-9-12(11)14-10-6-2-1-3-7-10;7-3-1-6(2-3,4(8)9)5(10)11;/h10-12,14H,1-9,13H2;3,7H,1-2H2,(H,8,9)(H,10,11);/q;;+4/t11-,12-;;/m1../s1. The van der Waals surface area contributed by atoms with Crippen molar-refractivity contribution >= 4 is 11.9 Å². The zero-order valence-electron chi connectivity index (χ0n) is 15.1. The maximum Gasteiger partial charge on any atom is 4.00 e. The fraction of sp³-hybridized carbons (Fsp3) is 0.889. The van der Waals surface area contributed by atoms with Crippen molar-refractivity contribution in [1.82, 2.24) is 5.32 Å². The minimum Gasteiger partial charge on any atom is -0.480 e. The molecule has 0 radical (unpaired) electrons. The van der Waals surface area contributed by atoms with Gasteiger partial charge in [-0.15, -0.1) is 0 Å². The number of hydrogen-bond donors (Lipinski definition) is 5. The summed E-state index contributed by atoms with van der Waals surface area (Å²) in [5.74, 6) is -2.73. The van der Waals surface area contributed by atoms with Crippen molar-refractivity contribution in [1.29, 1.82) is 0 Å². The van der Waals surface area contributed by atoms with Gasteiger partial charge in [0.25, 0.3) is 0 Å². The second-order valence-corrected chi connectivity index (χ2v) is 7.81. The molecular weight excluding hydrogens is 519 g/mol. The van der Waals surface area contributed by atoms with Gasteiger partial charge in [0.2, 0.25) is 0 Å². The third-order valence-electron chi connectivity index (χ3n) is 5.86. The molecule has 7 nitrogen and oxygen atoms in total. The summed E-state index contributed by atoms with van der Waals surface area (Å²) in [5.41, 5.74) is 4.41. The second kappa shape index (κ2) is 10.7. The summed E-state index contributed by atoms with van der Waals surface area (Å²) in [6, 6.07) is 1.82. The van der Waals surface area contributed by atoms with Crippen molar-refractivity contribution < 1.29 is 46.0 Å². The summed E-state index contributed by atoms with van der Waals surface area (Å²) in [7, 11) is 0. The molecule has 26 heavy (non-hydrogen) atoms. The van der Waals surface area contributed by atoms with Gasteiger partial charge in [0.1, 0.15) is 0 Å². The van der Waals surface area contributed by atoms with Crippen LogP contribution >= 0.6 is 0 Å². The van der Waals surface area contributed by atoms with E-state index in [0.29, 0.717) is 12.1 Å². The molecule has 0 spiro atoms.